The van der Waals surface area contributed by atoms with Gasteiger partial charge in [-0.25, -0.2) is 14.8 Å². The summed E-state index contributed by atoms with van der Waals surface area (Å²) >= 11 is 0. The minimum absolute atomic E-state index is 0.110. The van der Waals surface area contributed by atoms with Crippen LogP contribution >= 0.6 is 0 Å². The smallest absolute Gasteiger partial charge is 0.416 e. The number of imidazole rings is 1. The van der Waals surface area contributed by atoms with E-state index in [1.54, 1.807) is 24.8 Å². The zero-order valence-corrected chi connectivity index (χ0v) is 19.7. The number of anilines is 1. The molecule has 3 aromatic rings. The molecular formula is C25H28N6O3. The Morgan fingerprint density at radius 3 is 2.76 bits per heavy atom. The number of hydrogen-bond donors (Lipinski definition) is 1. The van der Waals surface area contributed by atoms with Crippen molar-refractivity contribution in [3.05, 3.63) is 48.2 Å². The lowest BCUT2D eigenvalue weighted by atomic mass is 9.68. The van der Waals surface area contributed by atoms with Gasteiger partial charge in [0, 0.05) is 6.54 Å². The molecule has 176 valence electrons. The Labute approximate surface area is 198 Å². The van der Waals surface area contributed by atoms with Crippen molar-refractivity contribution in [3.8, 4) is 6.07 Å². The van der Waals surface area contributed by atoms with Gasteiger partial charge in [-0.15, -0.1) is 0 Å². The van der Waals surface area contributed by atoms with E-state index in [1.807, 2.05) is 18.5 Å². The molecular weight excluding hydrogens is 432 g/mol. The second-order valence-electron chi connectivity index (χ2n) is 10.5. The predicted molar refractivity (Wildman–Crippen MR) is 125 cm³/mol. The topological polar surface area (TPSA) is 117 Å². The van der Waals surface area contributed by atoms with Crippen LogP contribution in [0.1, 0.15) is 57.7 Å². The van der Waals surface area contributed by atoms with Crippen molar-refractivity contribution in [2.75, 3.05) is 11.4 Å². The summed E-state index contributed by atoms with van der Waals surface area (Å²) in [5.74, 6) is 0.423. The molecule has 9 nitrogen and oxygen atoms in total. The van der Waals surface area contributed by atoms with Gasteiger partial charge in [-0.1, -0.05) is 6.92 Å². The van der Waals surface area contributed by atoms with E-state index in [-0.39, 0.29) is 5.41 Å². The molecule has 2 atom stereocenters. The molecule has 1 N–H and O–H groups in total. The third-order valence-electron chi connectivity index (χ3n) is 6.98. The monoisotopic (exact) mass is 460 g/mol. The van der Waals surface area contributed by atoms with Crippen molar-refractivity contribution in [1.82, 2.24) is 19.5 Å². The van der Waals surface area contributed by atoms with Crippen LogP contribution in [0.25, 0.3) is 11.0 Å². The first-order chi connectivity index (χ1) is 16.1. The highest BCUT2D eigenvalue weighted by Gasteiger charge is 2.52. The molecule has 34 heavy (non-hydrogen) atoms. The van der Waals surface area contributed by atoms with E-state index in [2.05, 4.69) is 32.5 Å². The highest BCUT2D eigenvalue weighted by Crippen LogP contribution is 2.47. The Morgan fingerprint density at radius 2 is 2.06 bits per heavy atom. The van der Waals surface area contributed by atoms with E-state index < -0.39 is 17.3 Å². The van der Waals surface area contributed by atoms with Gasteiger partial charge in [0.25, 0.3) is 0 Å². The fourth-order valence-electron chi connectivity index (χ4n) is 5.39. The van der Waals surface area contributed by atoms with Gasteiger partial charge in [0.05, 0.1) is 53.6 Å². The number of carbonyl (C=O) groups is 1. The number of nitrogens with zero attached hydrogens (tertiary/aromatic N) is 6. The van der Waals surface area contributed by atoms with E-state index in [0.29, 0.717) is 23.6 Å². The quantitative estimate of drug-likeness (QED) is 0.627. The number of aliphatic hydroxyl groups is 1. The van der Waals surface area contributed by atoms with Crippen molar-refractivity contribution in [3.63, 3.8) is 0 Å². The fourth-order valence-corrected chi connectivity index (χ4v) is 5.39. The van der Waals surface area contributed by atoms with Crippen LogP contribution in [0.3, 0.4) is 0 Å². The number of amides is 1. The summed E-state index contributed by atoms with van der Waals surface area (Å²) in [5.41, 5.74) is 1.05. The minimum Gasteiger partial charge on any atom is -0.441 e. The van der Waals surface area contributed by atoms with Crippen LogP contribution in [-0.2, 0) is 16.9 Å². The molecule has 1 saturated carbocycles. The number of benzene rings is 1. The molecule has 2 unspecified atom stereocenters. The Hall–Kier alpha value is -3.51. The summed E-state index contributed by atoms with van der Waals surface area (Å²) < 4.78 is 8.10. The highest BCUT2D eigenvalue weighted by atomic mass is 16.6. The van der Waals surface area contributed by atoms with Crippen LogP contribution in [0, 0.1) is 16.7 Å². The lowest BCUT2D eigenvalue weighted by Crippen LogP contribution is -2.45. The van der Waals surface area contributed by atoms with E-state index in [4.69, 9.17) is 4.74 Å². The largest absolute Gasteiger partial charge is 0.441 e. The molecule has 1 aromatic carbocycles. The molecule has 1 amide bonds. The number of fused-ring (bicyclic) bond motifs is 1. The molecule has 3 heterocycles. The molecule has 0 bridgehead atoms. The summed E-state index contributed by atoms with van der Waals surface area (Å²) in [7, 11) is 0. The summed E-state index contributed by atoms with van der Waals surface area (Å²) in [5, 5.41) is 19.4. The van der Waals surface area contributed by atoms with Crippen molar-refractivity contribution in [2.24, 2.45) is 5.41 Å². The average molecular weight is 461 g/mol. The number of hydrogen-bond acceptors (Lipinski definition) is 7. The normalized spacial score (nSPS) is 25.0. The van der Waals surface area contributed by atoms with Gasteiger partial charge in [0.2, 0.25) is 0 Å². The van der Waals surface area contributed by atoms with Crippen molar-refractivity contribution in [2.45, 2.75) is 64.2 Å². The van der Waals surface area contributed by atoms with Gasteiger partial charge in [-0.3, -0.25) is 9.88 Å². The first kappa shape index (κ1) is 22.3. The van der Waals surface area contributed by atoms with Gasteiger partial charge < -0.3 is 14.4 Å². The van der Waals surface area contributed by atoms with Crippen LogP contribution in [0.15, 0.2) is 36.9 Å². The maximum atomic E-state index is 12.8. The van der Waals surface area contributed by atoms with Crippen LogP contribution in [-0.4, -0.2) is 42.9 Å². The molecule has 1 aliphatic heterocycles. The number of ether oxygens (including phenoxy) is 1. The Kier molecular flexibility index (Phi) is 5.10. The van der Waals surface area contributed by atoms with Gasteiger partial charge in [-0.2, -0.15) is 5.26 Å². The molecule has 1 saturated heterocycles. The molecule has 5 rings (SSSR count). The van der Waals surface area contributed by atoms with E-state index in [9.17, 15) is 15.2 Å². The molecule has 9 heteroatoms. The Bertz CT molecular complexity index is 1290. The molecule has 2 aromatic heterocycles. The number of carbonyl (C=O) groups excluding carboxylic acids is 1. The van der Waals surface area contributed by atoms with Crippen LogP contribution in [0.2, 0.25) is 0 Å². The van der Waals surface area contributed by atoms with Gasteiger partial charge >= 0.3 is 6.09 Å². The average Bonchev–Trinajstić information content (AvgIpc) is 3.32. The van der Waals surface area contributed by atoms with Crippen molar-refractivity contribution in [1.29, 1.82) is 5.26 Å². The second kappa shape index (κ2) is 7.77. The second-order valence-corrected chi connectivity index (χ2v) is 10.5. The van der Waals surface area contributed by atoms with Crippen LogP contribution < -0.4 is 4.90 Å². The molecule has 1 aliphatic carbocycles. The minimum atomic E-state index is -1.10. The molecule has 1 spiro atoms. The number of rotatable bonds is 4. The van der Waals surface area contributed by atoms with Crippen LogP contribution in [0.4, 0.5) is 10.6 Å². The Morgan fingerprint density at radius 1 is 1.24 bits per heavy atom. The summed E-state index contributed by atoms with van der Waals surface area (Å²) in [6, 6.07) is 7.72. The van der Waals surface area contributed by atoms with E-state index in [1.165, 1.54) is 12.4 Å². The third kappa shape index (κ3) is 3.99. The summed E-state index contributed by atoms with van der Waals surface area (Å²) in [4.78, 5) is 27.5. The predicted octanol–water partition coefficient (Wildman–Crippen LogP) is 3.90. The molecule has 2 aliphatic rings. The van der Waals surface area contributed by atoms with Crippen molar-refractivity contribution < 1.29 is 14.6 Å². The summed E-state index contributed by atoms with van der Waals surface area (Å²) in [6.07, 6.45) is 7.88. The van der Waals surface area contributed by atoms with Crippen molar-refractivity contribution >= 4 is 22.9 Å². The van der Waals surface area contributed by atoms with Crippen LogP contribution in [0.5, 0.6) is 0 Å². The van der Waals surface area contributed by atoms with Gasteiger partial charge in [0.1, 0.15) is 11.2 Å². The highest BCUT2D eigenvalue weighted by molar-refractivity contribution is 5.89. The zero-order valence-electron chi connectivity index (χ0n) is 19.7. The maximum absolute atomic E-state index is 12.8. The first-order valence-corrected chi connectivity index (χ1v) is 11.5. The Balaban J connectivity index is 1.36. The zero-order chi connectivity index (χ0) is 24.1. The summed E-state index contributed by atoms with van der Waals surface area (Å²) in [6.45, 7) is 6.65. The first-order valence-electron chi connectivity index (χ1n) is 11.5. The SMILES string of the molecule is CC1(Cn2cnc3ccc(C#N)cc32)CCCC2(CN(c3cnc(C(C)(C)O)cn3)C(=O)O2)C1. The lowest BCUT2D eigenvalue weighted by molar-refractivity contribution is -0.0264. The molecule has 0 radical (unpaired) electrons. The van der Waals surface area contributed by atoms with E-state index in [0.717, 1.165) is 43.3 Å². The van der Waals surface area contributed by atoms with Gasteiger partial charge in [0.15, 0.2) is 5.82 Å². The standard InChI is InChI=1S/C25H28N6O3/c1-23(2,33)20-11-28-21(12-27-20)31-15-25(34-22(31)32)8-4-7-24(3,13-25)14-30-16-29-18-6-5-17(10-26)9-19(18)30/h5-6,9,11-12,16,33H,4,7-8,13-15H2,1-3H3. The molecule has 2 fully saturated rings. The number of nitriles is 1. The van der Waals surface area contributed by atoms with E-state index >= 15 is 0 Å². The van der Waals surface area contributed by atoms with Gasteiger partial charge in [-0.05, 0) is 63.1 Å². The fraction of sp³-hybridized carbons (Fsp3) is 0.480. The maximum Gasteiger partial charge on any atom is 0.416 e. The lowest BCUT2D eigenvalue weighted by Gasteiger charge is -2.43. The number of aromatic nitrogens is 4. The third-order valence-corrected chi connectivity index (χ3v) is 6.98.